The molecule has 2 N–H and O–H groups in total. The first-order chi connectivity index (χ1) is 25.7. The molecule has 314 valence electrons. The number of likely N-dealkylation sites (tertiary alicyclic amines) is 1. The van der Waals surface area contributed by atoms with E-state index in [1.807, 2.05) is 60.5 Å². The number of hydrogen-bond donors (Lipinski definition) is 2. The molecule has 0 aromatic heterocycles. The van der Waals surface area contributed by atoms with E-state index in [-0.39, 0.29) is 97.3 Å². The van der Waals surface area contributed by atoms with Gasteiger partial charge in [-0.05, 0) is 68.8 Å². The van der Waals surface area contributed by atoms with Crippen LogP contribution >= 0.6 is 7.82 Å². The van der Waals surface area contributed by atoms with Crippen molar-refractivity contribution in [2.24, 2.45) is 23.7 Å². The van der Waals surface area contributed by atoms with Crippen LogP contribution in [0.5, 0.6) is 5.75 Å². The van der Waals surface area contributed by atoms with Crippen LogP contribution < -0.4 is 62.7 Å². The fraction of sp³-hybridized carbons (Fsp3) is 0.744. The van der Waals surface area contributed by atoms with Crippen LogP contribution in [0.4, 0.5) is 0 Å². The number of phosphoric ester groups is 1. The van der Waals surface area contributed by atoms with E-state index in [4.69, 9.17) is 9.47 Å². The molecule has 1 aliphatic heterocycles. The molecule has 1 aromatic carbocycles. The number of hydrogen-bond acceptors (Lipinski definition) is 11. The maximum absolute atomic E-state index is 14.2. The first-order valence-electron chi connectivity index (χ1n) is 19.4. The van der Waals surface area contributed by atoms with Gasteiger partial charge in [-0.15, -0.1) is 0 Å². The van der Waals surface area contributed by atoms with Crippen molar-refractivity contribution >= 4 is 31.5 Å². The van der Waals surface area contributed by atoms with Crippen molar-refractivity contribution in [1.29, 1.82) is 0 Å². The minimum Gasteiger partial charge on any atom is -0.780 e. The van der Waals surface area contributed by atoms with E-state index in [9.17, 15) is 33.5 Å². The molecule has 1 heterocycles. The van der Waals surface area contributed by atoms with Gasteiger partial charge in [0.2, 0.25) is 23.6 Å². The third kappa shape index (κ3) is 16.3. The Morgan fingerprint density at radius 1 is 0.930 bits per heavy atom. The minimum absolute atomic E-state index is 0. The van der Waals surface area contributed by atoms with E-state index in [0.29, 0.717) is 25.9 Å². The molecule has 0 aliphatic carbocycles. The van der Waals surface area contributed by atoms with E-state index in [1.54, 1.807) is 43.0 Å². The van der Waals surface area contributed by atoms with Gasteiger partial charge in [-0.25, -0.2) is 0 Å². The summed E-state index contributed by atoms with van der Waals surface area (Å²) in [5, 5.41) is 5.95. The van der Waals surface area contributed by atoms with E-state index in [2.05, 4.69) is 15.2 Å². The van der Waals surface area contributed by atoms with Crippen molar-refractivity contribution in [1.82, 2.24) is 25.3 Å². The molecule has 1 aliphatic rings. The average molecular weight is 810 g/mol. The summed E-state index contributed by atoms with van der Waals surface area (Å²) in [4.78, 5) is 82.0. The van der Waals surface area contributed by atoms with Crippen LogP contribution in [0.1, 0.15) is 79.7 Å². The van der Waals surface area contributed by atoms with E-state index in [0.717, 1.165) is 18.4 Å². The van der Waals surface area contributed by atoms with E-state index in [1.165, 1.54) is 19.2 Å². The molecule has 0 spiro atoms. The van der Waals surface area contributed by atoms with Gasteiger partial charge in [-0.3, -0.25) is 24.1 Å². The van der Waals surface area contributed by atoms with Crippen molar-refractivity contribution < 1.29 is 85.2 Å². The van der Waals surface area contributed by atoms with Gasteiger partial charge in [0, 0.05) is 34.4 Å². The van der Waals surface area contributed by atoms with Crippen molar-refractivity contribution in [3.05, 3.63) is 29.8 Å². The predicted molar refractivity (Wildman–Crippen MR) is 207 cm³/mol. The first-order valence-corrected chi connectivity index (χ1v) is 20.8. The largest absolute Gasteiger partial charge is 1.00 e. The number of rotatable bonds is 22. The number of carbonyl (C=O) groups excluding carboxylic acids is 4. The van der Waals surface area contributed by atoms with Gasteiger partial charge in [-0.1, -0.05) is 67.0 Å². The summed E-state index contributed by atoms with van der Waals surface area (Å²) in [6.45, 7) is 14.4. The molecule has 1 fully saturated rings. The summed E-state index contributed by atoms with van der Waals surface area (Å²) in [6.07, 6.45) is 1.35. The average Bonchev–Trinajstić information content (AvgIpc) is 3.59. The van der Waals surface area contributed by atoms with E-state index < -0.39 is 44.1 Å². The van der Waals surface area contributed by atoms with Crippen LogP contribution in [-0.4, -0.2) is 123 Å². The molecule has 1 saturated heterocycles. The molecule has 0 radical (unpaired) electrons. The number of likely N-dealkylation sites (N-methyl/N-ethyl adjacent to an activating group) is 2. The van der Waals surface area contributed by atoms with Crippen LogP contribution in [0.3, 0.4) is 0 Å². The molecule has 8 atom stereocenters. The molecule has 18 heteroatoms. The molecule has 4 amide bonds. The van der Waals surface area contributed by atoms with Crippen LogP contribution in [0.25, 0.3) is 0 Å². The monoisotopic (exact) mass is 809 g/mol. The molecule has 15 nitrogen and oxygen atoms in total. The van der Waals surface area contributed by atoms with Gasteiger partial charge < -0.3 is 48.8 Å². The summed E-state index contributed by atoms with van der Waals surface area (Å²) in [7, 11) is 3.33. The van der Waals surface area contributed by atoms with Crippen molar-refractivity contribution in [2.45, 2.75) is 117 Å². The Labute approximate surface area is 365 Å². The summed E-state index contributed by atoms with van der Waals surface area (Å²) in [5.74, 6) is -1.73. The maximum Gasteiger partial charge on any atom is 1.00 e. The summed E-state index contributed by atoms with van der Waals surface area (Å²) >= 11 is 0. The van der Waals surface area contributed by atoms with E-state index >= 15 is 0 Å². The summed E-state index contributed by atoms with van der Waals surface area (Å²) < 4.78 is 27.1. The Bertz CT molecular complexity index is 1440. The third-order valence-corrected chi connectivity index (χ3v) is 11.2. The number of methoxy groups -OCH3 is 2. The standard InChI is InChI=1S/C39H68N5O10P.2Li/c1-13-26(6)35(43(10)39(48)33(24(2)3)41-38(47)34(25(4)5)42(8)9)31(52-11)23-32(45)44-22-14-15-30(44)36(53-12)27(7)37(46)40-21-20-28-16-18-29(19-17-28)54-55(49,50)51;;/h16-19,24-27,30-31,33-36H,13-15,20-23H2,1-12H3,(H,40,46)(H,41,47)(H2,49,50,51);;/q;2*+1/p-2/t26-,27+,30-,31+,33-,34-,35-,36+;;/m0../s1. The van der Waals surface area contributed by atoms with Crippen molar-refractivity contribution in [3.63, 3.8) is 0 Å². The van der Waals surface area contributed by atoms with Crippen LogP contribution in [0.15, 0.2) is 24.3 Å². The Morgan fingerprint density at radius 3 is 2.00 bits per heavy atom. The number of ether oxygens (including phenoxy) is 2. The van der Waals surface area contributed by atoms with Crippen LogP contribution in [0.2, 0.25) is 0 Å². The molecule has 0 saturated carbocycles. The SMILES string of the molecule is CC[C@H](C)[C@@H]([C@@H](CC(=O)N1CCC[C@H]1[C@H](OC)[C@@H](C)C(=O)NCCc1ccc(OP(=O)([O-])[O-])cc1)OC)N(C)C(=O)[C@@H](NC(=O)[C@H](C(C)C)N(C)C)C(C)C.[Li+].[Li+]. The van der Waals surface area contributed by atoms with Gasteiger partial charge in [-0.2, -0.15) is 0 Å². The molecular weight excluding hydrogens is 743 g/mol. The number of benzene rings is 1. The summed E-state index contributed by atoms with van der Waals surface area (Å²) in [6, 6.07) is 3.98. The third-order valence-electron chi connectivity index (χ3n) is 10.8. The van der Waals surface area contributed by atoms with Crippen molar-refractivity contribution in [3.8, 4) is 5.75 Å². The van der Waals surface area contributed by atoms with Gasteiger partial charge in [0.25, 0.3) is 0 Å². The molecule has 0 bridgehead atoms. The zero-order valence-corrected chi connectivity index (χ0v) is 37.8. The second-order valence-electron chi connectivity index (χ2n) is 15.7. The van der Waals surface area contributed by atoms with Gasteiger partial charge in [0.15, 0.2) is 0 Å². The Morgan fingerprint density at radius 2 is 1.53 bits per heavy atom. The van der Waals surface area contributed by atoms with Gasteiger partial charge in [0.1, 0.15) is 19.6 Å². The number of nitrogens with zero attached hydrogens (tertiary/aromatic N) is 3. The topological polar surface area (TPSA) is 193 Å². The minimum atomic E-state index is -5.15. The van der Waals surface area contributed by atoms with Crippen molar-refractivity contribution in [2.75, 3.05) is 48.5 Å². The smallest absolute Gasteiger partial charge is 0.780 e. The Kier molecular flexibility index (Phi) is 24.8. The van der Waals surface area contributed by atoms with Crippen LogP contribution in [0, 0.1) is 23.7 Å². The Hall–Kier alpha value is -1.88. The predicted octanol–water partition coefficient (Wildman–Crippen LogP) is -3.79. The molecular formula is C39H66Li2N5O10P. The van der Waals surface area contributed by atoms with Crippen LogP contribution in [-0.2, 0) is 39.6 Å². The first kappa shape index (κ1) is 55.1. The zero-order valence-electron chi connectivity index (χ0n) is 36.9. The second-order valence-corrected chi connectivity index (χ2v) is 16.8. The number of carbonyl (C=O) groups is 4. The molecule has 1 aromatic rings. The number of phosphoric acid groups is 1. The van der Waals surface area contributed by atoms with Gasteiger partial charge >= 0.3 is 37.7 Å². The normalized spacial score (nSPS) is 18.1. The summed E-state index contributed by atoms with van der Waals surface area (Å²) in [5.41, 5.74) is 0.798. The second kappa shape index (κ2) is 25.7. The molecule has 2 rings (SSSR count). The molecule has 57 heavy (non-hydrogen) atoms. The quantitative estimate of drug-likeness (QED) is 0.0863. The fourth-order valence-electron chi connectivity index (χ4n) is 7.75. The number of nitrogens with one attached hydrogen (secondary N) is 2. The maximum atomic E-state index is 14.2. The fourth-order valence-corrected chi connectivity index (χ4v) is 8.13. The van der Waals surface area contributed by atoms with Gasteiger partial charge in [0.05, 0.1) is 42.7 Å². The zero-order chi connectivity index (χ0) is 41.8. The molecule has 0 unspecified atom stereocenters. The Balaban J connectivity index is 0.0000157. The number of amides is 4.